The summed E-state index contributed by atoms with van der Waals surface area (Å²) in [6.07, 6.45) is -7.42. The number of carbonyl (C=O) groups is 2. The first-order chi connectivity index (χ1) is 21.7. The van der Waals surface area contributed by atoms with E-state index in [1.54, 1.807) is 0 Å². The van der Waals surface area contributed by atoms with E-state index in [0.29, 0.717) is 44.1 Å². The molecule has 46 heavy (non-hydrogen) atoms. The van der Waals surface area contributed by atoms with Crippen molar-refractivity contribution >= 4 is 12.3 Å². The number of ether oxygens (including phenoxy) is 4. The molecule has 2 bridgehead atoms. The van der Waals surface area contributed by atoms with Crippen LogP contribution in [-0.2, 0) is 28.5 Å². The molecule has 16 atom stereocenters. The number of fused-ring (bicyclic) bond motifs is 3. The van der Waals surface area contributed by atoms with Crippen molar-refractivity contribution in [1.82, 2.24) is 0 Å². The monoisotopic (exact) mass is 656 g/mol. The molecule has 8 N–H and O–H groups in total. The van der Waals surface area contributed by atoms with Crippen LogP contribution in [0.5, 0.6) is 0 Å². The fourth-order valence-corrected chi connectivity index (χ4v) is 10.3. The average molecular weight is 657 g/mol. The Labute approximate surface area is 266 Å². The van der Waals surface area contributed by atoms with E-state index >= 15 is 0 Å². The number of aliphatic hydroxyl groups excluding tert-OH is 8. The van der Waals surface area contributed by atoms with Crippen LogP contribution in [0, 0.1) is 28.1 Å². The van der Waals surface area contributed by atoms with E-state index in [-0.39, 0.29) is 17.3 Å². The molecular weight excluding hydrogens is 608 g/mol. The van der Waals surface area contributed by atoms with E-state index in [4.69, 9.17) is 18.9 Å². The Morgan fingerprint density at radius 2 is 1.41 bits per heavy atom. The number of allylic oxidation sites excluding steroid dienone is 1. The Hall–Kier alpha value is -1.56. The summed E-state index contributed by atoms with van der Waals surface area (Å²) in [4.78, 5) is 26.5. The van der Waals surface area contributed by atoms with Gasteiger partial charge in [-0.2, -0.15) is 0 Å². The van der Waals surface area contributed by atoms with Gasteiger partial charge in [0.15, 0.2) is 6.29 Å². The van der Waals surface area contributed by atoms with Gasteiger partial charge in [-0.05, 0) is 74.5 Å². The Kier molecular flexibility index (Phi) is 9.02. The summed E-state index contributed by atoms with van der Waals surface area (Å²) in [5.41, 5.74) is -2.45. The zero-order valence-corrected chi connectivity index (χ0v) is 26.2. The lowest BCUT2D eigenvalue weighted by Gasteiger charge is -2.64. The minimum absolute atomic E-state index is 0.0578. The summed E-state index contributed by atoms with van der Waals surface area (Å²) >= 11 is 0. The van der Waals surface area contributed by atoms with Crippen molar-refractivity contribution in [3.05, 3.63) is 11.6 Å². The van der Waals surface area contributed by atoms with Crippen LogP contribution in [0.25, 0.3) is 0 Å². The van der Waals surface area contributed by atoms with Gasteiger partial charge in [0.1, 0.15) is 60.7 Å². The van der Waals surface area contributed by atoms with Crippen LogP contribution in [0.4, 0.5) is 0 Å². The van der Waals surface area contributed by atoms with Crippen molar-refractivity contribution in [3.8, 4) is 0 Å². The first kappa shape index (κ1) is 34.3. The normalized spacial score (nSPS) is 53.5. The molecule has 14 heteroatoms. The summed E-state index contributed by atoms with van der Waals surface area (Å²) in [5, 5.41) is 81.4. The molecule has 0 aromatic rings. The molecule has 0 radical (unpaired) electrons. The highest BCUT2D eigenvalue weighted by Crippen LogP contribution is 2.72. The van der Waals surface area contributed by atoms with Gasteiger partial charge in [-0.1, -0.05) is 19.4 Å². The summed E-state index contributed by atoms with van der Waals surface area (Å²) in [6.45, 7) is 2.80. The number of carbonyl (C=O) groups excluding carboxylic acids is 2. The molecule has 0 aromatic carbocycles. The molecule has 6 rings (SSSR count). The Bertz CT molecular complexity index is 1210. The minimum Gasteiger partial charge on any atom is -0.432 e. The van der Waals surface area contributed by atoms with Crippen LogP contribution in [0.1, 0.15) is 65.2 Å². The lowest BCUT2D eigenvalue weighted by atomic mass is 9.40. The van der Waals surface area contributed by atoms with E-state index in [0.717, 1.165) is 19.1 Å². The fraction of sp³-hybridized carbons (Fsp3) is 0.875. The lowest BCUT2D eigenvalue weighted by molar-refractivity contribution is -0.328. The smallest absolute Gasteiger partial charge is 0.314 e. The number of hydrogen-bond donors (Lipinski definition) is 8. The standard InChI is InChI=1S/C32H48O14/c1-29-6-3-7-30(2,28(42)45-26-24(40)22(38)20(36)16(12-34)43-26)18(29)4-8-31-10-15(11-33)32(14-31,9-5-19(29)31)46-27-25(41)23(39)21(37)17(13-35)44-27/h10-11,16-27,34-41H,3-9,12-14H2,1-2H3/t16-,17-,18+,19+,20-,21-,22+,23+,24-,25-,26+,27+,29-,30-,31-,32+/m1/s1. The first-order valence-electron chi connectivity index (χ1n) is 16.4. The molecule has 2 heterocycles. The highest BCUT2D eigenvalue weighted by atomic mass is 16.7. The third-order valence-corrected chi connectivity index (χ3v) is 12.6. The van der Waals surface area contributed by atoms with Crippen LogP contribution < -0.4 is 0 Å². The van der Waals surface area contributed by atoms with Crippen molar-refractivity contribution in [2.45, 2.75) is 132 Å². The molecule has 1 spiro atoms. The molecule has 0 aromatic heterocycles. The maximum atomic E-state index is 13.9. The van der Waals surface area contributed by atoms with E-state index in [9.17, 15) is 50.4 Å². The molecule has 3 saturated carbocycles. The molecule has 5 fully saturated rings. The first-order valence-corrected chi connectivity index (χ1v) is 16.4. The van der Waals surface area contributed by atoms with E-state index in [1.807, 2.05) is 13.0 Å². The van der Waals surface area contributed by atoms with Crippen LogP contribution in [0.3, 0.4) is 0 Å². The van der Waals surface area contributed by atoms with Gasteiger partial charge in [-0.3, -0.25) is 9.59 Å². The van der Waals surface area contributed by atoms with Crippen molar-refractivity contribution in [1.29, 1.82) is 0 Å². The van der Waals surface area contributed by atoms with Gasteiger partial charge in [-0.15, -0.1) is 0 Å². The zero-order chi connectivity index (χ0) is 33.4. The van der Waals surface area contributed by atoms with Crippen LogP contribution in [0.2, 0.25) is 0 Å². The van der Waals surface area contributed by atoms with Gasteiger partial charge < -0.3 is 59.8 Å². The van der Waals surface area contributed by atoms with Gasteiger partial charge in [-0.25, -0.2) is 0 Å². The van der Waals surface area contributed by atoms with Gasteiger partial charge in [0, 0.05) is 5.57 Å². The van der Waals surface area contributed by atoms with Crippen LogP contribution >= 0.6 is 0 Å². The summed E-state index contributed by atoms with van der Waals surface area (Å²) in [6, 6.07) is 0. The molecule has 0 unspecified atom stereocenters. The third kappa shape index (κ3) is 5.02. The number of esters is 1. The molecule has 14 nitrogen and oxygen atoms in total. The number of aliphatic hydroxyl groups is 8. The topological polar surface area (TPSA) is 233 Å². The molecule has 6 aliphatic rings. The predicted molar refractivity (Wildman–Crippen MR) is 154 cm³/mol. The molecule has 0 amide bonds. The number of hydrogen-bond acceptors (Lipinski definition) is 14. The van der Waals surface area contributed by atoms with E-state index in [2.05, 4.69) is 6.92 Å². The van der Waals surface area contributed by atoms with Crippen molar-refractivity contribution in [3.63, 3.8) is 0 Å². The summed E-state index contributed by atoms with van der Waals surface area (Å²) < 4.78 is 23.2. The quantitative estimate of drug-likeness (QED) is 0.0878. The second-order valence-corrected chi connectivity index (χ2v) is 15.0. The second-order valence-electron chi connectivity index (χ2n) is 15.0. The van der Waals surface area contributed by atoms with Crippen molar-refractivity contribution in [2.75, 3.05) is 13.2 Å². The van der Waals surface area contributed by atoms with Crippen LogP contribution in [0.15, 0.2) is 11.6 Å². The SMILES string of the molecule is C[C@@]12CCC[C@@](C)(C(=O)O[C@@H]3O[C@H](CO)[C@@H](O)[C@H](O)[C@H]3O)[C@H]1CC[C@]13C=C(C=O)[C@](O[C@@H]4O[C@H](CO)[C@@H](O)[C@H](O)[C@H]4O)(CC[C@H]12)C3. The van der Waals surface area contributed by atoms with E-state index < -0.39 is 97.0 Å². The summed E-state index contributed by atoms with van der Waals surface area (Å²) in [5.74, 6) is -0.660. The Morgan fingerprint density at radius 1 is 0.826 bits per heavy atom. The van der Waals surface area contributed by atoms with Crippen molar-refractivity contribution in [2.24, 2.45) is 28.1 Å². The highest BCUT2D eigenvalue weighted by Gasteiger charge is 2.68. The lowest BCUT2D eigenvalue weighted by Crippen LogP contribution is -2.63. The molecular formula is C32H48O14. The van der Waals surface area contributed by atoms with Gasteiger partial charge in [0.25, 0.3) is 0 Å². The average Bonchev–Trinajstić information content (AvgIpc) is 3.26. The third-order valence-electron chi connectivity index (χ3n) is 12.6. The Morgan fingerprint density at radius 3 is 2.02 bits per heavy atom. The van der Waals surface area contributed by atoms with E-state index in [1.165, 1.54) is 0 Å². The number of aldehydes is 1. The maximum absolute atomic E-state index is 13.9. The Balaban J connectivity index is 1.23. The maximum Gasteiger partial charge on any atom is 0.314 e. The molecule has 260 valence electrons. The van der Waals surface area contributed by atoms with Gasteiger partial charge in [0.05, 0.1) is 18.6 Å². The largest absolute Gasteiger partial charge is 0.432 e. The summed E-state index contributed by atoms with van der Waals surface area (Å²) in [7, 11) is 0. The number of rotatable bonds is 7. The second kappa shape index (κ2) is 12.1. The van der Waals surface area contributed by atoms with Crippen LogP contribution in [-0.4, -0.2) is 133 Å². The van der Waals surface area contributed by atoms with Gasteiger partial charge >= 0.3 is 5.97 Å². The molecule has 2 aliphatic heterocycles. The van der Waals surface area contributed by atoms with Crippen molar-refractivity contribution < 1.29 is 69.4 Å². The highest BCUT2D eigenvalue weighted by molar-refractivity contribution is 5.79. The molecule has 2 saturated heterocycles. The minimum atomic E-state index is -1.70. The van der Waals surface area contributed by atoms with Gasteiger partial charge in [0.2, 0.25) is 6.29 Å². The fourth-order valence-electron chi connectivity index (χ4n) is 10.3. The zero-order valence-electron chi connectivity index (χ0n) is 26.2. The predicted octanol–water partition coefficient (Wildman–Crippen LogP) is -1.58. The molecule has 4 aliphatic carbocycles.